The minimum atomic E-state index is -4.51. The van der Waals surface area contributed by atoms with Gasteiger partial charge >= 0.3 is 6.18 Å². The Hall–Kier alpha value is -1.43. The molecule has 0 amide bonds. The zero-order valence-corrected chi connectivity index (χ0v) is 9.76. The lowest BCUT2D eigenvalue weighted by Crippen LogP contribution is -2.29. The molecule has 0 saturated heterocycles. The second kappa shape index (κ2) is 4.83. The van der Waals surface area contributed by atoms with Crippen LogP contribution in [0.2, 0.25) is 0 Å². The van der Waals surface area contributed by atoms with E-state index >= 15 is 0 Å². The van der Waals surface area contributed by atoms with E-state index in [0.717, 1.165) is 0 Å². The van der Waals surface area contributed by atoms with Crippen LogP contribution in [-0.4, -0.2) is 20.4 Å². The third-order valence-electron chi connectivity index (χ3n) is 2.50. The number of nitrogens with two attached hydrogens (primary N) is 1. The summed E-state index contributed by atoms with van der Waals surface area (Å²) in [5.41, 5.74) is 5.56. The maximum absolute atomic E-state index is 12.6. The van der Waals surface area contributed by atoms with Crippen LogP contribution in [0, 0.1) is 6.92 Å². The van der Waals surface area contributed by atoms with Crippen LogP contribution in [0.5, 0.6) is 11.5 Å². The molecule has 0 aromatic heterocycles. The van der Waals surface area contributed by atoms with Gasteiger partial charge in [0.15, 0.2) is 0 Å². The van der Waals surface area contributed by atoms with Crippen molar-refractivity contribution in [2.75, 3.05) is 14.2 Å². The third kappa shape index (κ3) is 2.63. The van der Waals surface area contributed by atoms with E-state index in [-0.39, 0.29) is 11.3 Å². The number of rotatable bonds is 3. The van der Waals surface area contributed by atoms with Gasteiger partial charge in [0.1, 0.15) is 17.5 Å². The number of ether oxygens (including phenoxy) is 2. The first-order valence-electron chi connectivity index (χ1n) is 4.86. The Morgan fingerprint density at radius 1 is 1.18 bits per heavy atom. The van der Waals surface area contributed by atoms with Gasteiger partial charge in [-0.2, -0.15) is 13.2 Å². The molecule has 96 valence electrons. The number of hydrogen-bond acceptors (Lipinski definition) is 3. The molecule has 0 spiro atoms. The van der Waals surface area contributed by atoms with E-state index in [0.29, 0.717) is 11.3 Å². The smallest absolute Gasteiger partial charge is 0.407 e. The predicted molar refractivity (Wildman–Crippen MR) is 57.3 cm³/mol. The molecule has 1 atom stereocenters. The number of halogens is 3. The molecule has 0 heterocycles. The van der Waals surface area contributed by atoms with Gasteiger partial charge in [0.05, 0.1) is 14.2 Å². The van der Waals surface area contributed by atoms with E-state index in [4.69, 9.17) is 15.2 Å². The van der Waals surface area contributed by atoms with E-state index in [2.05, 4.69) is 0 Å². The van der Waals surface area contributed by atoms with Crippen LogP contribution in [0.1, 0.15) is 17.2 Å². The van der Waals surface area contributed by atoms with Gasteiger partial charge in [-0.05, 0) is 19.1 Å². The van der Waals surface area contributed by atoms with E-state index in [1.54, 1.807) is 6.92 Å². The van der Waals surface area contributed by atoms with Crippen LogP contribution in [0.4, 0.5) is 13.2 Å². The molecule has 2 N–H and O–H groups in total. The Morgan fingerprint density at radius 3 is 2.18 bits per heavy atom. The van der Waals surface area contributed by atoms with Crippen LogP contribution in [0.25, 0.3) is 0 Å². The van der Waals surface area contributed by atoms with Gasteiger partial charge in [-0.1, -0.05) is 0 Å². The molecule has 0 unspecified atom stereocenters. The summed E-state index contributed by atoms with van der Waals surface area (Å²) in [6.45, 7) is 1.62. The summed E-state index contributed by atoms with van der Waals surface area (Å²) in [6, 6.07) is 0.642. The van der Waals surface area contributed by atoms with Crippen molar-refractivity contribution in [1.82, 2.24) is 0 Å². The highest BCUT2D eigenvalue weighted by molar-refractivity contribution is 5.50. The van der Waals surface area contributed by atoms with Crippen LogP contribution in [0.3, 0.4) is 0 Å². The van der Waals surface area contributed by atoms with Crippen LogP contribution in [0.15, 0.2) is 12.1 Å². The van der Waals surface area contributed by atoms with Gasteiger partial charge in [0.2, 0.25) is 0 Å². The fourth-order valence-corrected chi connectivity index (χ4v) is 1.61. The predicted octanol–water partition coefficient (Wildman–Crippen LogP) is 2.57. The summed E-state index contributed by atoms with van der Waals surface area (Å²) in [4.78, 5) is 0. The Kier molecular flexibility index (Phi) is 3.87. The fraction of sp³-hybridized carbons (Fsp3) is 0.455. The van der Waals surface area contributed by atoms with Gasteiger partial charge < -0.3 is 15.2 Å². The topological polar surface area (TPSA) is 44.5 Å². The molecule has 1 aromatic rings. The molecule has 0 bridgehead atoms. The zero-order chi connectivity index (χ0) is 13.2. The van der Waals surface area contributed by atoms with Crippen molar-refractivity contribution < 1.29 is 22.6 Å². The maximum atomic E-state index is 12.6. The number of hydrogen-bond donors (Lipinski definition) is 1. The molecule has 0 fully saturated rings. The minimum absolute atomic E-state index is 0.0988. The van der Waals surface area contributed by atoms with Crippen molar-refractivity contribution in [2.24, 2.45) is 5.73 Å². The second-order valence-electron chi connectivity index (χ2n) is 3.53. The molecule has 3 nitrogen and oxygen atoms in total. The number of alkyl halides is 3. The molecular formula is C11H14F3NO2. The number of methoxy groups -OCH3 is 2. The molecule has 1 aromatic carbocycles. The number of benzene rings is 1. The molecule has 0 radical (unpaired) electrons. The Morgan fingerprint density at radius 2 is 1.76 bits per heavy atom. The Bertz CT molecular complexity index is 404. The summed E-state index contributed by atoms with van der Waals surface area (Å²) >= 11 is 0. The lowest BCUT2D eigenvalue weighted by atomic mass is 10.0. The second-order valence-corrected chi connectivity index (χ2v) is 3.53. The van der Waals surface area contributed by atoms with Crippen LogP contribution >= 0.6 is 0 Å². The van der Waals surface area contributed by atoms with Crippen molar-refractivity contribution >= 4 is 0 Å². The molecule has 0 aliphatic carbocycles. The van der Waals surface area contributed by atoms with Crippen LogP contribution in [-0.2, 0) is 0 Å². The van der Waals surface area contributed by atoms with Crippen molar-refractivity contribution in [3.05, 3.63) is 23.3 Å². The lowest BCUT2D eigenvalue weighted by molar-refractivity contribution is -0.149. The first-order valence-corrected chi connectivity index (χ1v) is 4.86. The fourth-order valence-electron chi connectivity index (χ4n) is 1.61. The molecule has 17 heavy (non-hydrogen) atoms. The van der Waals surface area contributed by atoms with Gasteiger partial charge in [0, 0.05) is 11.1 Å². The van der Waals surface area contributed by atoms with Crippen molar-refractivity contribution in [3.63, 3.8) is 0 Å². The van der Waals surface area contributed by atoms with E-state index in [1.807, 2.05) is 0 Å². The first kappa shape index (κ1) is 13.6. The highest BCUT2D eigenvalue weighted by atomic mass is 19.4. The Balaban J connectivity index is 3.31. The minimum Gasteiger partial charge on any atom is -0.496 e. The monoisotopic (exact) mass is 249 g/mol. The van der Waals surface area contributed by atoms with Gasteiger partial charge in [-0.25, -0.2) is 0 Å². The average Bonchev–Trinajstić information content (AvgIpc) is 2.26. The van der Waals surface area contributed by atoms with E-state index < -0.39 is 12.2 Å². The van der Waals surface area contributed by atoms with Gasteiger partial charge in [-0.15, -0.1) is 0 Å². The summed E-state index contributed by atoms with van der Waals surface area (Å²) in [7, 11) is 2.74. The zero-order valence-electron chi connectivity index (χ0n) is 9.76. The summed E-state index contributed by atoms with van der Waals surface area (Å²) < 4.78 is 47.6. The van der Waals surface area contributed by atoms with Gasteiger partial charge in [-0.3, -0.25) is 0 Å². The van der Waals surface area contributed by atoms with E-state index in [9.17, 15) is 13.2 Å². The summed E-state index contributed by atoms with van der Waals surface area (Å²) in [5.74, 6) is 0.564. The lowest BCUT2D eigenvalue weighted by Gasteiger charge is -2.20. The Labute approximate surface area is 97.3 Å². The normalized spacial score (nSPS) is 13.4. The third-order valence-corrected chi connectivity index (χ3v) is 2.50. The standard InChI is InChI=1S/C11H14F3NO2/c1-6-8(16-2)5-4-7(9(6)17-3)10(15)11(12,13)14/h4-5,10H,15H2,1-3H3/t10-/m1/s1. The largest absolute Gasteiger partial charge is 0.496 e. The SMILES string of the molecule is COc1ccc([C@@H](N)C(F)(F)F)c(OC)c1C. The van der Waals surface area contributed by atoms with E-state index in [1.165, 1.54) is 26.4 Å². The molecule has 0 saturated carbocycles. The summed E-state index contributed by atoms with van der Waals surface area (Å²) in [6.07, 6.45) is -4.51. The van der Waals surface area contributed by atoms with Crippen LogP contribution < -0.4 is 15.2 Å². The van der Waals surface area contributed by atoms with Crippen molar-refractivity contribution in [1.29, 1.82) is 0 Å². The molecule has 0 aliphatic heterocycles. The molecular weight excluding hydrogens is 235 g/mol. The molecule has 6 heteroatoms. The first-order chi connectivity index (χ1) is 7.82. The van der Waals surface area contributed by atoms with Gasteiger partial charge in [0.25, 0.3) is 0 Å². The highest BCUT2D eigenvalue weighted by Crippen LogP contribution is 2.39. The quantitative estimate of drug-likeness (QED) is 0.895. The van der Waals surface area contributed by atoms with Crippen molar-refractivity contribution in [3.8, 4) is 11.5 Å². The molecule has 0 aliphatic rings. The summed E-state index contributed by atoms with van der Waals surface area (Å²) in [5, 5.41) is 0. The molecule has 1 rings (SSSR count). The average molecular weight is 249 g/mol. The maximum Gasteiger partial charge on any atom is 0.407 e. The van der Waals surface area contributed by atoms with Crippen molar-refractivity contribution in [2.45, 2.75) is 19.1 Å². The highest BCUT2D eigenvalue weighted by Gasteiger charge is 2.39.